The molecule has 1 heterocycles. The van der Waals surface area contributed by atoms with E-state index >= 15 is 0 Å². The minimum absolute atomic E-state index is 0.412. The highest BCUT2D eigenvalue weighted by Crippen LogP contribution is 2.41. The topological polar surface area (TPSA) is 33.6 Å². The molecule has 0 radical (unpaired) electrons. The molecule has 0 saturated heterocycles. The molecule has 1 atom stereocenters. The first-order valence-electron chi connectivity index (χ1n) is 7.87. The number of aliphatic imine (C=N–C) groups is 1. The van der Waals surface area contributed by atoms with E-state index in [9.17, 15) is 0 Å². The number of benzene rings is 2. The summed E-state index contributed by atoms with van der Waals surface area (Å²) >= 11 is 0. The van der Waals surface area contributed by atoms with Gasteiger partial charge in [0.15, 0.2) is 0 Å². The third-order valence-corrected chi connectivity index (χ3v) is 4.07. The van der Waals surface area contributed by atoms with E-state index < -0.39 is 0 Å². The first kappa shape index (κ1) is 14.6. The molecule has 1 aliphatic heterocycles. The number of hydrogen-bond acceptors (Lipinski definition) is 2. The normalized spacial score (nSPS) is 17.1. The maximum atomic E-state index is 5.88. The Hall–Kier alpha value is -2.29. The van der Waals surface area contributed by atoms with Crippen molar-refractivity contribution in [2.24, 2.45) is 4.99 Å². The van der Waals surface area contributed by atoms with Crippen LogP contribution in [0.1, 0.15) is 36.0 Å². The van der Waals surface area contributed by atoms with Crippen molar-refractivity contribution in [3.63, 3.8) is 0 Å². The number of fused-ring (bicyclic) bond motifs is 1. The first-order chi connectivity index (χ1) is 10.8. The van der Waals surface area contributed by atoms with E-state index in [0.29, 0.717) is 5.92 Å². The quantitative estimate of drug-likeness (QED) is 0.678. The molecule has 0 bridgehead atoms. The highest BCUT2D eigenvalue weighted by molar-refractivity contribution is 5.65. The predicted molar refractivity (Wildman–Crippen MR) is 91.4 cm³/mol. The Morgan fingerprint density at radius 2 is 2.09 bits per heavy atom. The summed E-state index contributed by atoms with van der Waals surface area (Å²) in [7, 11) is 0. The summed E-state index contributed by atoms with van der Waals surface area (Å²) in [5, 5.41) is 3.11. The third-order valence-electron chi connectivity index (χ3n) is 4.07. The van der Waals surface area contributed by atoms with Gasteiger partial charge < -0.3 is 10.1 Å². The van der Waals surface area contributed by atoms with Gasteiger partial charge in [-0.1, -0.05) is 30.3 Å². The van der Waals surface area contributed by atoms with Crippen molar-refractivity contribution < 1.29 is 4.74 Å². The summed E-state index contributed by atoms with van der Waals surface area (Å²) < 4.78 is 5.88. The minimum atomic E-state index is 0.412. The Morgan fingerprint density at radius 1 is 1.27 bits per heavy atom. The molecule has 0 aromatic heterocycles. The fourth-order valence-electron chi connectivity index (χ4n) is 2.92. The van der Waals surface area contributed by atoms with Crippen LogP contribution in [-0.2, 0) is 0 Å². The summed E-state index contributed by atoms with van der Waals surface area (Å²) in [6.45, 7) is 5.79. The molecule has 0 amide bonds. The van der Waals surface area contributed by atoms with E-state index in [1.165, 1.54) is 16.7 Å². The SMILES string of the molecule is CCN/C=N/c1cc2c(cc1C)C(c1ccccc1)CCO2. The van der Waals surface area contributed by atoms with Crippen LogP contribution >= 0.6 is 0 Å². The standard InChI is InChI=1S/C19H22N2O/c1-3-20-13-21-18-12-19-17(11-14(18)2)16(9-10-22-19)15-7-5-4-6-8-15/h4-8,11-13,16H,3,9-10H2,1-2H3,(H,20,21). The van der Waals surface area contributed by atoms with Crippen LogP contribution < -0.4 is 10.1 Å². The zero-order valence-corrected chi connectivity index (χ0v) is 13.2. The van der Waals surface area contributed by atoms with Gasteiger partial charge >= 0.3 is 0 Å². The van der Waals surface area contributed by atoms with Crippen molar-refractivity contribution in [1.82, 2.24) is 5.32 Å². The van der Waals surface area contributed by atoms with Gasteiger partial charge in [-0.2, -0.15) is 0 Å². The van der Waals surface area contributed by atoms with E-state index in [4.69, 9.17) is 4.74 Å². The van der Waals surface area contributed by atoms with Crippen molar-refractivity contribution in [3.8, 4) is 5.75 Å². The third kappa shape index (κ3) is 2.98. The van der Waals surface area contributed by atoms with E-state index in [0.717, 1.165) is 31.0 Å². The second-order valence-electron chi connectivity index (χ2n) is 5.59. The number of aryl methyl sites for hydroxylation is 1. The zero-order valence-electron chi connectivity index (χ0n) is 13.2. The molecule has 1 aliphatic rings. The van der Waals surface area contributed by atoms with Crippen LogP contribution in [-0.4, -0.2) is 19.5 Å². The maximum Gasteiger partial charge on any atom is 0.125 e. The molecule has 3 heteroatoms. The van der Waals surface area contributed by atoms with Crippen molar-refractivity contribution in [2.45, 2.75) is 26.2 Å². The molecule has 114 valence electrons. The van der Waals surface area contributed by atoms with Crippen LogP contribution in [0.15, 0.2) is 47.5 Å². The van der Waals surface area contributed by atoms with Crippen molar-refractivity contribution >= 4 is 12.0 Å². The van der Waals surface area contributed by atoms with Crippen LogP contribution in [0.25, 0.3) is 0 Å². The lowest BCUT2D eigenvalue weighted by Gasteiger charge is -2.27. The molecule has 2 aromatic rings. The molecule has 3 rings (SSSR count). The van der Waals surface area contributed by atoms with Crippen LogP contribution in [0.4, 0.5) is 5.69 Å². The summed E-state index contributed by atoms with van der Waals surface area (Å²) in [5.74, 6) is 1.38. The second-order valence-corrected chi connectivity index (χ2v) is 5.59. The summed E-state index contributed by atoms with van der Waals surface area (Å²) in [5.41, 5.74) is 4.78. The molecule has 0 fully saturated rings. The maximum absolute atomic E-state index is 5.88. The summed E-state index contributed by atoms with van der Waals surface area (Å²) in [6, 6.07) is 15.0. The molecular formula is C19H22N2O. The van der Waals surface area contributed by atoms with Gasteiger partial charge in [0, 0.05) is 24.1 Å². The van der Waals surface area contributed by atoms with E-state index in [-0.39, 0.29) is 0 Å². The Balaban J connectivity index is 1.96. The molecule has 3 nitrogen and oxygen atoms in total. The van der Waals surface area contributed by atoms with E-state index in [2.05, 4.69) is 66.6 Å². The van der Waals surface area contributed by atoms with E-state index in [1.54, 1.807) is 6.34 Å². The van der Waals surface area contributed by atoms with Crippen molar-refractivity contribution in [3.05, 3.63) is 59.2 Å². The van der Waals surface area contributed by atoms with Gasteiger partial charge in [0.1, 0.15) is 5.75 Å². The van der Waals surface area contributed by atoms with Crippen LogP contribution in [0.3, 0.4) is 0 Å². The molecule has 1 unspecified atom stereocenters. The van der Waals surface area contributed by atoms with Crippen LogP contribution in [0, 0.1) is 6.92 Å². The minimum Gasteiger partial charge on any atom is -0.493 e. The number of nitrogens with one attached hydrogen (secondary N) is 1. The lowest BCUT2D eigenvalue weighted by Crippen LogP contribution is -2.15. The van der Waals surface area contributed by atoms with Gasteiger partial charge in [-0.05, 0) is 37.5 Å². The lowest BCUT2D eigenvalue weighted by atomic mass is 9.86. The van der Waals surface area contributed by atoms with Crippen LogP contribution in [0.5, 0.6) is 5.75 Å². The molecule has 2 aromatic carbocycles. The monoisotopic (exact) mass is 294 g/mol. The molecule has 0 aliphatic carbocycles. The lowest BCUT2D eigenvalue weighted by molar-refractivity contribution is 0.277. The number of rotatable bonds is 4. The largest absolute Gasteiger partial charge is 0.493 e. The molecule has 1 N–H and O–H groups in total. The molecular weight excluding hydrogens is 272 g/mol. The predicted octanol–water partition coefficient (Wildman–Crippen LogP) is 4.18. The van der Waals surface area contributed by atoms with Gasteiger partial charge in [-0.3, -0.25) is 0 Å². The molecule has 22 heavy (non-hydrogen) atoms. The Kier molecular flexibility index (Phi) is 4.42. The molecule has 0 saturated carbocycles. The van der Waals surface area contributed by atoms with E-state index in [1.807, 2.05) is 0 Å². The zero-order chi connectivity index (χ0) is 15.4. The summed E-state index contributed by atoms with van der Waals surface area (Å²) in [6.07, 6.45) is 2.78. The smallest absolute Gasteiger partial charge is 0.125 e. The number of ether oxygens (including phenoxy) is 1. The van der Waals surface area contributed by atoms with Crippen molar-refractivity contribution in [2.75, 3.05) is 13.2 Å². The highest BCUT2D eigenvalue weighted by Gasteiger charge is 2.24. The van der Waals surface area contributed by atoms with Crippen molar-refractivity contribution in [1.29, 1.82) is 0 Å². The van der Waals surface area contributed by atoms with Gasteiger partial charge in [-0.25, -0.2) is 4.99 Å². The number of hydrogen-bond donors (Lipinski definition) is 1. The molecule has 0 spiro atoms. The Morgan fingerprint density at radius 3 is 2.86 bits per heavy atom. The highest BCUT2D eigenvalue weighted by atomic mass is 16.5. The fraction of sp³-hybridized carbons (Fsp3) is 0.316. The van der Waals surface area contributed by atoms with Crippen LogP contribution in [0.2, 0.25) is 0 Å². The Bertz CT molecular complexity index is 665. The second kappa shape index (κ2) is 6.65. The van der Waals surface area contributed by atoms with Gasteiger partial charge in [0.25, 0.3) is 0 Å². The van der Waals surface area contributed by atoms with Gasteiger partial charge in [0.2, 0.25) is 0 Å². The first-order valence-corrected chi connectivity index (χ1v) is 7.87. The average molecular weight is 294 g/mol. The van der Waals surface area contributed by atoms with Gasteiger partial charge in [0.05, 0.1) is 18.6 Å². The fourth-order valence-corrected chi connectivity index (χ4v) is 2.92. The summed E-state index contributed by atoms with van der Waals surface area (Å²) in [4.78, 5) is 4.49. The Labute approximate surface area is 132 Å². The number of nitrogens with zero attached hydrogens (tertiary/aromatic N) is 1. The van der Waals surface area contributed by atoms with Gasteiger partial charge in [-0.15, -0.1) is 0 Å². The average Bonchev–Trinajstić information content (AvgIpc) is 2.56.